The van der Waals surface area contributed by atoms with Gasteiger partial charge in [-0.2, -0.15) is 0 Å². The van der Waals surface area contributed by atoms with Crippen LogP contribution in [0.1, 0.15) is 32.4 Å². The summed E-state index contributed by atoms with van der Waals surface area (Å²) < 4.78 is 0. The number of benzene rings is 1. The number of carbonyl (C=O) groups is 2. The van der Waals surface area contributed by atoms with Gasteiger partial charge in [-0.25, -0.2) is 0 Å². The molecule has 6 heteroatoms. The molecular formula is C16H26ClN3O2. The molecule has 22 heavy (non-hydrogen) atoms. The first-order valence-electron chi connectivity index (χ1n) is 7.24. The maximum absolute atomic E-state index is 12.2. The fourth-order valence-corrected chi connectivity index (χ4v) is 2.02. The third-order valence-corrected chi connectivity index (χ3v) is 3.72. The number of nitrogens with zero attached hydrogens (tertiary/aromatic N) is 1. The predicted molar refractivity (Wildman–Crippen MR) is 90.7 cm³/mol. The first-order chi connectivity index (χ1) is 9.88. The zero-order valence-electron chi connectivity index (χ0n) is 13.6. The predicted octanol–water partition coefficient (Wildman–Crippen LogP) is 1.73. The normalized spacial score (nSPS) is 14.2. The lowest BCUT2D eigenvalue weighted by Gasteiger charge is -2.24. The average Bonchev–Trinajstić information content (AvgIpc) is 2.52. The highest BCUT2D eigenvalue weighted by molar-refractivity contribution is 5.88. The molecule has 0 saturated carbocycles. The van der Waals surface area contributed by atoms with Gasteiger partial charge in [0.15, 0.2) is 0 Å². The molecule has 0 radical (unpaired) electrons. The van der Waals surface area contributed by atoms with Crippen molar-refractivity contribution >= 4 is 24.2 Å². The molecule has 0 aliphatic carbocycles. The summed E-state index contributed by atoms with van der Waals surface area (Å²) in [5.41, 5.74) is 7.03. The number of likely N-dealkylation sites (N-methyl/N-ethyl adjacent to an activating group) is 1. The molecule has 1 aromatic rings. The third-order valence-electron chi connectivity index (χ3n) is 3.72. The molecule has 124 valence electrons. The van der Waals surface area contributed by atoms with Gasteiger partial charge in [0.05, 0.1) is 5.92 Å². The van der Waals surface area contributed by atoms with Gasteiger partial charge in [-0.05, 0) is 19.4 Å². The van der Waals surface area contributed by atoms with E-state index >= 15 is 0 Å². The lowest BCUT2D eigenvalue weighted by atomic mass is 9.94. The molecule has 0 saturated heterocycles. The number of amides is 2. The van der Waals surface area contributed by atoms with Crippen LogP contribution in [0.4, 0.5) is 0 Å². The maximum Gasteiger partial charge on any atom is 0.244 e. The molecular weight excluding hydrogens is 302 g/mol. The summed E-state index contributed by atoms with van der Waals surface area (Å²) in [6, 6.07) is 8.54. The van der Waals surface area contributed by atoms with E-state index in [0.717, 1.165) is 5.56 Å². The van der Waals surface area contributed by atoms with Crippen LogP contribution in [0.2, 0.25) is 0 Å². The van der Waals surface area contributed by atoms with Gasteiger partial charge in [0.2, 0.25) is 11.8 Å². The fraction of sp³-hybridized carbons (Fsp3) is 0.500. The molecule has 0 heterocycles. The maximum atomic E-state index is 12.2. The molecule has 0 bridgehead atoms. The third kappa shape index (κ3) is 5.31. The van der Waals surface area contributed by atoms with Crippen molar-refractivity contribution in [3.8, 4) is 0 Å². The van der Waals surface area contributed by atoms with E-state index in [4.69, 9.17) is 5.73 Å². The number of hydrogen-bond acceptors (Lipinski definition) is 3. The van der Waals surface area contributed by atoms with Crippen LogP contribution in [0, 0.1) is 5.92 Å². The van der Waals surface area contributed by atoms with Crippen molar-refractivity contribution in [3.05, 3.63) is 35.9 Å². The Balaban J connectivity index is 0.00000441. The summed E-state index contributed by atoms with van der Waals surface area (Å²) in [4.78, 5) is 25.7. The lowest BCUT2D eigenvalue weighted by Crippen LogP contribution is -2.48. The summed E-state index contributed by atoms with van der Waals surface area (Å²) in [7, 11) is 1.71. The second-order valence-corrected chi connectivity index (χ2v) is 5.31. The van der Waals surface area contributed by atoms with Gasteiger partial charge in [0.25, 0.3) is 0 Å². The number of carbonyl (C=O) groups excluding carboxylic acids is 2. The zero-order chi connectivity index (χ0) is 16.0. The first-order valence-corrected chi connectivity index (χ1v) is 7.24. The Morgan fingerprint density at radius 2 is 1.77 bits per heavy atom. The second-order valence-electron chi connectivity index (χ2n) is 5.31. The van der Waals surface area contributed by atoms with E-state index in [9.17, 15) is 9.59 Å². The number of halogens is 1. The quantitative estimate of drug-likeness (QED) is 0.835. The molecule has 0 aliphatic heterocycles. The van der Waals surface area contributed by atoms with Crippen molar-refractivity contribution in [2.45, 2.75) is 32.9 Å². The molecule has 0 aromatic heterocycles. The first kappa shape index (κ1) is 20.4. The van der Waals surface area contributed by atoms with Crippen LogP contribution in [0.25, 0.3) is 0 Å². The van der Waals surface area contributed by atoms with Crippen LogP contribution in [0.3, 0.4) is 0 Å². The molecule has 1 aromatic carbocycles. The number of nitrogens with one attached hydrogen (secondary N) is 1. The Labute approximate surface area is 138 Å². The molecule has 2 amide bonds. The summed E-state index contributed by atoms with van der Waals surface area (Å²) in [6.07, 6.45) is 0. The van der Waals surface area contributed by atoms with Crippen molar-refractivity contribution in [2.24, 2.45) is 11.7 Å². The highest BCUT2D eigenvalue weighted by Crippen LogP contribution is 2.19. The van der Waals surface area contributed by atoms with Gasteiger partial charge in [0, 0.05) is 19.6 Å². The van der Waals surface area contributed by atoms with Crippen LogP contribution in [0.15, 0.2) is 30.3 Å². The van der Waals surface area contributed by atoms with Gasteiger partial charge in [0.1, 0.15) is 6.04 Å². The van der Waals surface area contributed by atoms with Crippen molar-refractivity contribution in [3.63, 3.8) is 0 Å². The average molecular weight is 328 g/mol. The smallest absolute Gasteiger partial charge is 0.244 e. The van der Waals surface area contributed by atoms with Crippen LogP contribution >= 0.6 is 12.4 Å². The van der Waals surface area contributed by atoms with Gasteiger partial charge < -0.3 is 16.0 Å². The molecule has 1 rings (SSSR count). The molecule has 0 aliphatic rings. The standard InChI is InChI=1S/C16H25N3O2.ClH/c1-5-19(4)16(21)12(3)18-15(20)11(2)14(17)13-9-7-6-8-10-13;/h6-12,14H,5,17H2,1-4H3,(H,18,20);1H. The largest absolute Gasteiger partial charge is 0.344 e. The van der Waals surface area contributed by atoms with Crippen molar-refractivity contribution < 1.29 is 9.59 Å². The van der Waals surface area contributed by atoms with Gasteiger partial charge in [-0.3, -0.25) is 9.59 Å². The van der Waals surface area contributed by atoms with Crippen LogP contribution in [-0.2, 0) is 9.59 Å². The Morgan fingerprint density at radius 1 is 1.23 bits per heavy atom. The minimum Gasteiger partial charge on any atom is -0.344 e. The van der Waals surface area contributed by atoms with E-state index in [1.165, 1.54) is 0 Å². The SMILES string of the molecule is CCN(C)C(=O)C(C)NC(=O)C(C)C(N)c1ccccc1.Cl. The van der Waals surface area contributed by atoms with Gasteiger partial charge in [-0.1, -0.05) is 37.3 Å². The summed E-state index contributed by atoms with van der Waals surface area (Å²) in [6.45, 7) is 5.96. The summed E-state index contributed by atoms with van der Waals surface area (Å²) in [5.74, 6) is -0.724. The number of hydrogen-bond donors (Lipinski definition) is 2. The molecule has 3 unspecified atom stereocenters. The monoisotopic (exact) mass is 327 g/mol. The second kappa shape index (κ2) is 9.43. The van der Waals surface area contributed by atoms with Gasteiger partial charge >= 0.3 is 0 Å². The molecule has 0 spiro atoms. The minimum absolute atomic E-state index is 0. The molecule has 5 nitrogen and oxygen atoms in total. The van der Waals surface area contributed by atoms with Crippen molar-refractivity contribution in [1.82, 2.24) is 10.2 Å². The number of nitrogens with two attached hydrogens (primary N) is 1. The zero-order valence-corrected chi connectivity index (χ0v) is 14.4. The Kier molecular flexibility index (Phi) is 8.75. The Hall–Kier alpha value is -1.59. The van der Waals surface area contributed by atoms with E-state index in [1.807, 2.05) is 37.3 Å². The number of rotatable bonds is 6. The minimum atomic E-state index is -0.548. The van der Waals surface area contributed by atoms with E-state index in [0.29, 0.717) is 6.54 Å². The molecule has 0 fully saturated rings. The highest BCUT2D eigenvalue weighted by atomic mass is 35.5. The van der Waals surface area contributed by atoms with E-state index in [2.05, 4.69) is 5.32 Å². The topological polar surface area (TPSA) is 75.4 Å². The Morgan fingerprint density at radius 3 is 2.27 bits per heavy atom. The van der Waals surface area contributed by atoms with Crippen molar-refractivity contribution in [1.29, 1.82) is 0 Å². The van der Waals surface area contributed by atoms with Crippen molar-refractivity contribution in [2.75, 3.05) is 13.6 Å². The van der Waals surface area contributed by atoms with Crippen LogP contribution < -0.4 is 11.1 Å². The van der Waals surface area contributed by atoms with E-state index in [-0.39, 0.29) is 24.2 Å². The summed E-state index contributed by atoms with van der Waals surface area (Å²) in [5, 5.41) is 2.74. The van der Waals surface area contributed by atoms with Gasteiger partial charge in [-0.15, -0.1) is 12.4 Å². The molecule has 3 N–H and O–H groups in total. The fourth-order valence-electron chi connectivity index (χ4n) is 2.02. The van der Waals surface area contributed by atoms with Crippen LogP contribution in [0.5, 0.6) is 0 Å². The lowest BCUT2D eigenvalue weighted by molar-refractivity contribution is -0.135. The Bertz CT molecular complexity index is 482. The van der Waals surface area contributed by atoms with E-state index in [1.54, 1.807) is 25.8 Å². The highest BCUT2D eigenvalue weighted by Gasteiger charge is 2.25. The van der Waals surface area contributed by atoms with E-state index < -0.39 is 18.0 Å². The summed E-state index contributed by atoms with van der Waals surface area (Å²) >= 11 is 0. The molecule has 3 atom stereocenters. The van der Waals surface area contributed by atoms with Crippen LogP contribution in [-0.4, -0.2) is 36.3 Å².